The van der Waals surface area contributed by atoms with Crippen LogP contribution in [0.4, 0.5) is 0 Å². The molecule has 1 aromatic rings. The predicted molar refractivity (Wildman–Crippen MR) is 57.5 cm³/mol. The Hall–Kier alpha value is -1.51. The van der Waals surface area contributed by atoms with Gasteiger partial charge in [0.05, 0.1) is 6.61 Å². The van der Waals surface area contributed by atoms with Gasteiger partial charge in [0.2, 0.25) is 0 Å². The topological polar surface area (TPSA) is 39.4 Å². The lowest BCUT2D eigenvalue weighted by Gasteiger charge is -1.94. The highest BCUT2D eigenvalue weighted by Crippen LogP contribution is 2.08. The molecule has 1 rings (SSSR count). The van der Waals surface area contributed by atoms with Crippen LogP contribution in [0.1, 0.15) is 24.9 Å². The van der Waals surface area contributed by atoms with Crippen LogP contribution >= 0.6 is 0 Å². The maximum atomic E-state index is 10.9. The highest BCUT2D eigenvalue weighted by molar-refractivity contribution is 5.81. The number of aryl methyl sites for hydroxylation is 2. The summed E-state index contributed by atoms with van der Waals surface area (Å²) < 4.78 is 10.1. The van der Waals surface area contributed by atoms with Crippen LogP contribution in [0.3, 0.4) is 0 Å². The van der Waals surface area contributed by atoms with Crippen LogP contribution in [-0.4, -0.2) is 12.6 Å². The van der Waals surface area contributed by atoms with Gasteiger partial charge in [-0.25, -0.2) is 4.79 Å². The van der Waals surface area contributed by atoms with Crippen molar-refractivity contribution in [1.29, 1.82) is 0 Å². The smallest absolute Gasteiger partial charge is 0.330 e. The molecule has 15 heavy (non-hydrogen) atoms. The number of carbonyl (C=O) groups is 1. The van der Waals surface area contributed by atoms with E-state index in [1.165, 1.54) is 6.08 Å². The van der Waals surface area contributed by atoms with Crippen LogP contribution in [0.2, 0.25) is 0 Å². The molecular weight excluding hydrogens is 192 g/mol. The second-order valence-electron chi connectivity index (χ2n) is 3.21. The average molecular weight is 208 g/mol. The van der Waals surface area contributed by atoms with Crippen molar-refractivity contribution >= 4 is 5.97 Å². The maximum absolute atomic E-state index is 10.9. The lowest BCUT2D eigenvalue weighted by atomic mass is 10.2. The summed E-state index contributed by atoms with van der Waals surface area (Å²) in [7, 11) is 0. The largest absolute Gasteiger partial charge is 0.466 e. The molecular formula is C12H16O3. The van der Waals surface area contributed by atoms with Gasteiger partial charge in [-0.3, -0.25) is 0 Å². The number of rotatable bonds is 5. The second-order valence-corrected chi connectivity index (χ2v) is 3.21. The van der Waals surface area contributed by atoms with Gasteiger partial charge in [-0.2, -0.15) is 0 Å². The molecule has 0 fully saturated rings. The molecule has 0 aliphatic rings. The molecule has 3 heteroatoms. The fourth-order valence-electron chi connectivity index (χ4n) is 1.22. The van der Waals surface area contributed by atoms with Crippen molar-refractivity contribution in [3.05, 3.63) is 35.8 Å². The number of carbonyl (C=O) groups excluding carboxylic acids is 1. The van der Waals surface area contributed by atoms with E-state index in [0.717, 1.165) is 24.4 Å². The van der Waals surface area contributed by atoms with E-state index in [4.69, 9.17) is 9.15 Å². The van der Waals surface area contributed by atoms with Crippen molar-refractivity contribution in [3.8, 4) is 0 Å². The zero-order chi connectivity index (χ0) is 11.1. The number of hydrogen-bond donors (Lipinski definition) is 0. The summed E-state index contributed by atoms with van der Waals surface area (Å²) in [6, 6.07) is 3.89. The minimum absolute atomic E-state index is 0.284. The Kier molecular flexibility index (Phi) is 4.68. The first kappa shape index (κ1) is 11.6. The van der Waals surface area contributed by atoms with E-state index in [1.807, 2.05) is 19.1 Å². The molecule has 0 radical (unpaired) electrons. The van der Waals surface area contributed by atoms with Crippen molar-refractivity contribution in [1.82, 2.24) is 0 Å². The first-order chi connectivity index (χ1) is 7.22. The molecule has 1 heterocycles. The van der Waals surface area contributed by atoms with E-state index in [-0.39, 0.29) is 5.97 Å². The lowest BCUT2D eigenvalue weighted by molar-refractivity contribution is -0.137. The van der Waals surface area contributed by atoms with Crippen molar-refractivity contribution in [2.75, 3.05) is 6.61 Å². The van der Waals surface area contributed by atoms with Crippen LogP contribution in [0, 0.1) is 6.92 Å². The molecule has 0 aromatic carbocycles. The summed E-state index contributed by atoms with van der Waals surface area (Å²) in [6.07, 6.45) is 4.85. The Morgan fingerprint density at radius 3 is 2.93 bits per heavy atom. The minimum Gasteiger partial charge on any atom is -0.466 e. The average Bonchev–Trinajstić information content (AvgIpc) is 2.60. The summed E-state index contributed by atoms with van der Waals surface area (Å²) in [5.41, 5.74) is 0. The molecule has 0 spiro atoms. The molecule has 0 unspecified atom stereocenters. The van der Waals surface area contributed by atoms with Crippen LogP contribution in [0.5, 0.6) is 0 Å². The molecule has 0 aliphatic carbocycles. The SMILES string of the molecule is CCOC(=O)/C=C/CCc1ccc(C)o1. The molecule has 0 saturated heterocycles. The molecule has 0 amide bonds. The molecule has 0 bridgehead atoms. The third-order valence-electron chi connectivity index (χ3n) is 1.89. The van der Waals surface area contributed by atoms with E-state index in [2.05, 4.69) is 0 Å². The van der Waals surface area contributed by atoms with Crippen molar-refractivity contribution in [2.45, 2.75) is 26.7 Å². The van der Waals surface area contributed by atoms with E-state index in [9.17, 15) is 4.79 Å². The summed E-state index contributed by atoms with van der Waals surface area (Å²) in [4.78, 5) is 10.9. The fraction of sp³-hybridized carbons (Fsp3) is 0.417. The van der Waals surface area contributed by atoms with Gasteiger partial charge in [0.15, 0.2) is 0 Å². The van der Waals surface area contributed by atoms with Gasteiger partial charge in [-0.15, -0.1) is 0 Å². The van der Waals surface area contributed by atoms with Crippen molar-refractivity contribution in [2.24, 2.45) is 0 Å². The Labute approximate surface area is 89.7 Å². The normalized spacial score (nSPS) is 10.8. The summed E-state index contributed by atoms with van der Waals surface area (Å²) in [5, 5.41) is 0. The molecule has 0 saturated carbocycles. The Morgan fingerprint density at radius 2 is 2.33 bits per heavy atom. The van der Waals surface area contributed by atoms with Gasteiger partial charge < -0.3 is 9.15 Å². The summed E-state index contributed by atoms with van der Waals surface area (Å²) >= 11 is 0. The summed E-state index contributed by atoms with van der Waals surface area (Å²) in [5.74, 6) is 1.58. The number of furan rings is 1. The van der Waals surface area contributed by atoms with Gasteiger partial charge in [0, 0.05) is 12.5 Å². The van der Waals surface area contributed by atoms with Crippen molar-refractivity contribution < 1.29 is 13.9 Å². The highest BCUT2D eigenvalue weighted by atomic mass is 16.5. The standard InChI is InChI=1S/C12H16O3/c1-3-14-12(13)7-5-4-6-11-9-8-10(2)15-11/h5,7-9H,3-4,6H2,1-2H3/b7-5+. The van der Waals surface area contributed by atoms with Gasteiger partial charge in [0.1, 0.15) is 11.5 Å². The fourth-order valence-corrected chi connectivity index (χ4v) is 1.22. The van der Waals surface area contributed by atoms with E-state index in [1.54, 1.807) is 13.0 Å². The van der Waals surface area contributed by atoms with Crippen LogP contribution in [0.25, 0.3) is 0 Å². The van der Waals surface area contributed by atoms with E-state index >= 15 is 0 Å². The Bertz CT molecular complexity index is 336. The molecule has 3 nitrogen and oxygen atoms in total. The van der Waals surface area contributed by atoms with Gasteiger partial charge in [0.25, 0.3) is 0 Å². The monoisotopic (exact) mass is 208 g/mol. The molecule has 0 atom stereocenters. The third-order valence-corrected chi connectivity index (χ3v) is 1.89. The molecule has 0 N–H and O–H groups in total. The number of hydrogen-bond acceptors (Lipinski definition) is 3. The first-order valence-electron chi connectivity index (χ1n) is 5.11. The molecule has 0 aliphatic heterocycles. The van der Waals surface area contributed by atoms with Crippen LogP contribution in [-0.2, 0) is 16.0 Å². The third kappa shape index (κ3) is 4.49. The highest BCUT2D eigenvalue weighted by Gasteiger charge is 1.97. The van der Waals surface area contributed by atoms with Crippen molar-refractivity contribution in [3.63, 3.8) is 0 Å². The van der Waals surface area contributed by atoms with Gasteiger partial charge in [-0.1, -0.05) is 6.08 Å². The first-order valence-corrected chi connectivity index (χ1v) is 5.11. The lowest BCUT2D eigenvalue weighted by Crippen LogP contribution is -1.98. The Balaban J connectivity index is 2.24. The Morgan fingerprint density at radius 1 is 1.53 bits per heavy atom. The second kappa shape index (κ2) is 6.06. The number of allylic oxidation sites excluding steroid dienone is 1. The maximum Gasteiger partial charge on any atom is 0.330 e. The van der Waals surface area contributed by atoms with Gasteiger partial charge in [-0.05, 0) is 32.4 Å². The van der Waals surface area contributed by atoms with E-state index < -0.39 is 0 Å². The van der Waals surface area contributed by atoms with Crippen LogP contribution in [0.15, 0.2) is 28.7 Å². The quantitative estimate of drug-likeness (QED) is 0.551. The summed E-state index contributed by atoms with van der Waals surface area (Å²) in [6.45, 7) is 4.12. The van der Waals surface area contributed by atoms with Gasteiger partial charge >= 0.3 is 5.97 Å². The molecule has 1 aromatic heterocycles. The zero-order valence-corrected chi connectivity index (χ0v) is 9.16. The van der Waals surface area contributed by atoms with Crippen LogP contribution < -0.4 is 0 Å². The minimum atomic E-state index is -0.284. The van der Waals surface area contributed by atoms with E-state index in [0.29, 0.717) is 6.61 Å². The number of esters is 1. The number of ether oxygens (including phenoxy) is 1. The zero-order valence-electron chi connectivity index (χ0n) is 9.16. The molecule has 82 valence electrons. The predicted octanol–water partition coefficient (Wildman–Crippen LogP) is 2.64.